The number of halogens is 2. The fraction of sp³-hybridized carbons (Fsp3) is 0.150. The van der Waals surface area contributed by atoms with E-state index >= 15 is 0 Å². The standard InChI is InChI=1S/C20H17ClFNO3S/c21-16-5-1-4-15(9-16)12-27(25)13-18-7-8-19(26-18)20(24)23-11-14-3-2-6-17(22)10-14/h1-10H,11-13H2,(H,23,24)/t27-/m0/s1. The summed E-state index contributed by atoms with van der Waals surface area (Å²) < 4.78 is 30.9. The third-order valence-corrected chi connectivity index (χ3v) is 5.24. The van der Waals surface area contributed by atoms with Crippen molar-refractivity contribution in [2.45, 2.75) is 18.1 Å². The Morgan fingerprint density at radius 2 is 1.81 bits per heavy atom. The van der Waals surface area contributed by atoms with Crippen LogP contribution < -0.4 is 5.32 Å². The zero-order valence-corrected chi connectivity index (χ0v) is 15.9. The summed E-state index contributed by atoms with van der Waals surface area (Å²) in [7, 11) is -1.19. The van der Waals surface area contributed by atoms with Crippen LogP contribution in [0.15, 0.2) is 65.1 Å². The van der Waals surface area contributed by atoms with Crippen LogP contribution in [0.4, 0.5) is 4.39 Å². The molecule has 140 valence electrons. The van der Waals surface area contributed by atoms with E-state index in [1.165, 1.54) is 18.2 Å². The number of hydrogen-bond acceptors (Lipinski definition) is 3. The molecule has 0 fully saturated rings. The van der Waals surface area contributed by atoms with E-state index < -0.39 is 16.7 Å². The Labute approximate surface area is 163 Å². The Morgan fingerprint density at radius 3 is 2.59 bits per heavy atom. The van der Waals surface area contributed by atoms with Gasteiger partial charge in [0.2, 0.25) is 0 Å². The Kier molecular flexibility index (Phi) is 6.42. The first-order chi connectivity index (χ1) is 13.0. The molecular formula is C20H17ClFNO3S. The van der Waals surface area contributed by atoms with Crippen LogP contribution in [0.3, 0.4) is 0 Å². The molecule has 2 aromatic carbocycles. The maximum absolute atomic E-state index is 13.2. The monoisotopic (exact) mass is 405 g/mol. The molecule has 0 saturated carbocycles. The summed E-state index contributed by atoms with van der Waals surface area (Å²) in [5.74, 6) is 0.370. The third kappa shape index (κ3) is 5.77. The van der Waals surface area contributed by atoms with Crippen LogP contribution in [0.25, 0.3) is 0 Å². The van der Waals surface area contributed by atoms with Gasteiger partial charge in [-0.25, -0.2) is 4.39 Å². The molecule has 0 bridgehead atoms. The quantitative estimate of drug-likeness (QED) is 0.631. The van der Waals surface area contributed by atoms with Crippen molar-refractivity contribution in [2.24, 2.45) is 0 Å². The van der Waals surface area contributed by atoms with Gasteiger partial charge in [0.1, 0.15) is 11.6 Å². The van der Waals surface area contributed by atoms with E-state index in [1.54, 1.807) is 30.3 Å². The van der Waals surface area contributed by atoms with Crippen LogP contribution in [-0.2, 0) is 28.9 Å². The van der Waals surface area contributed by atoms with Gasteiger partial charge < -0.3 is 9.73 Å². The number of nitrogens with one attached hydrogen (secondary N) is 1. The topological polar surface area (TPSA) is 59.3 Å². The zero-order valence-electron chi connectivity index (χ0n) is 14.3. The van der Waals surface area contributed by atoms with Crippen molar-refractivity contribution >= 4 is 28.3 Å². The predicted molar refractivity (Wildman–Crippen MR) is 103 cm³/mol. The zero-order chi connectivity index (χ0) is 19.2. The largest absolute Gasteiger partial charge is 0.455 e. The first-order valence-corrected chi connectivity index (χ1v) is 10.1. The van der Waals surface area contributed by atoms with Gasteiger partial charge in [-0.3, -0.25) is 9.00 Å². The number of amides is 1. The lowest BCUT2D eigenvalue weighted by atomic mass is 10.2. The Balaban J connectivity index is 1.54. The van der Waals surface area contributed by atoms with Crippen molar-refractivity contribution in [3.63, 3.8) is 0 Å². The maximum atomic E-state index is 13.2. The van der Waals surface area contributed by atoms with Gasteiger partial charge in [0.05, 0.1) is 5.75 Å². The van der Waals surface area contributed by atoms with E-state index in [9.17, 15) is 13.4 Å². The molecule has 7 heteroatoms. The Hall–Kier alpha value is -2.44. The van der Waals surface area contributed by atoms with Crippen LogP contribution in [0, 0.1) is 5.82 Å². The summed E-state index contributed by atoms with van der Waals surface area (Å²) in [6, 6.07) is 16.4. The van der Waals surface area contributed by atoms with E-state index in [4.69, 9.17) is 16.0 Å². The van der Waals surface area contributed by atoms with Crippen molar-refractivity contribution in [2.75, 3.05) is 0 Å². The normalized spacial score (nSPS) is 11.9. The van der Waals surface area contributed by atoms with Crippen molar-refractivity contribution in [1.82, 2.24) is 5.32 Å². The lowest BCUT2D eigenvalue weighted by Gasteiger charge is -2.04. The highest BCUT2D eigenvalue weighted by Crippen LogP contribution is 2.16. The van der Waals surface area contributed by atoms with Crippen molar-refractivity contribution in [1.29, 1.82) is 0 Å². The molecule has 0 radical (unpaired) electrons. The van der Waals surface area contributed by atoms with Gasteiger partial charge in [0.15, 0.2) is 5.76 Å². The second kappa shape index (κ2) is 8.97. The number of carbonyl (C=O) groups excluding carboxylic acids is 1. The third-order valence-electron chi connectivity index (χ3n) is 3.75. The van der Waals surface area contributed by atoms with Crippen LogP contribution in [0.1, 0.15) is 27.4 Å². The molecule has 0 aliphatic rings. The van der Waals surface area contributed by atoms with E-state index in [0.29, 0.717) is 22.1 Å². The molecule has 0 unspecified atom stereocenters. The minimum absolute atomic E-state index is 0.126. The van der Waals surface area contributed by atoms with Gasteiger partial charge in [-0.2, -0.15) is 0 Å². The summed E-state index contributed by atoms with van der Waals surface area (Å²) in [5, 5.41) is 3.26. The lowest BCUT2D eigenvalue weighted by Crippen LogP contribution is -2.22. The minimum Gasteiger partial charge on any atom is -0.455 e. The number of furan rings is 1. The van der Waals surface area contributed by atoms with Gasteiger partial charge in [0, 0.05) is 28.1 Å². The van der Waals surface area contributed by atoms with Gasteiger partial charge in [0.25, 0.3) is 5.91 Å². The maximum Gasteiger partial charge on any atom is 0.287 e. The van der Waals surface area contributed by atoms with E-state index in [2.05, 4.69) is 5.32 Å². The van der Waals surface area contributed by atoms with Crippen LogP contribution in [0.2, 0.25) is 5.02 Å². The summed E-state index contributed by atoms with van der Waals surface area (Å²) in [6.07, 6.45) is 0. The molecule has 1 aromatic heterocycles. The van der Waals surface area contributed by atoms with Gasteiger partial charge in [-0.1, -0.05) is 35.9 Å². The molecule has 1 heterocycles. The Bertz CT molecular complexity index is 973. The molecule has 0 aliphatic heterocycles. The molecule has 1 N–H and O–H groups in total. The van der Waals surface area contributed by atoms with E-state index in [1.807, 2.05) is 12.1 Å². The summed E-state index contributed by atoms with van der Waals surface area (Å²) in [5.41, 5.74) is 1.53. The van der Waals surface area contributed by atoms with Crippen molar-refractivity contribution < 1.29 is 17.8 Å². The predicted octanol–water partition coefficient (Wildman–Crippen LogP) is 4.45. The fourth-order valence-electron chi connectivity index (χ4n) is 2.52. The number of hydrogen-bond donors (Lipinski definition) is 1. The Morgan fingerprint density at radius 1 is 1.04 bits per heavy atom. The van der Waals surface area contributed by atoms with E-state index in [-0.39, 0.29) is 23.9 Å². The van der Waals surface area contributed by atoms with Gasteiger partial charge >= 0.3 is 0 Å². The van der Waals surface area contributed by atoms with E-state index in [0.717, 1.165) is 5.56 Å². The second-order valence-corrected chi connectivity index (χ2v) is 7.83. The number of benzene rings is 2. The number of carbonyl (C=O) groups is 1. The van der Waals surface area contributed by atoms with Crippen LogP contribution in [-0.4, -0.2) is 10.1 Å². The lowest BCUT2D eigenvalue weighted by molar-refractivity contribution is 0.0921. The molecule has 0 spiro atoms. The first kappa shape index (κ1) is 19.3. The van der Waals surface area contributed by atoms with Gasteiger partial charge in [-0.15, -0.1) is 0 Å². The molecule has 1 atom stereocenters. The fourth-order valence-corrected chi connectivity index (χ4v) is 3.86. The average Bonchev–Trinajstić information content (AvgIpc) is 3.08. The molecular weight excluding hydrogens is 389 g/mol. The average molecular weight is 406 g/mol. The highest BCUT2D eigenvalue weighted by atomic mass is 35.5. The molecule has 3 aromatic rings. The summed E-state index contributed by atoms with van der Waals surface area (Å²) in [4.78, 5) is 12.1. The molecule has 1 amide bonds. The van der Waals surface area contributed by atoms with Crippen LogP contribution in [0.5, 0.6) is 0 Å². The molecule has 4 nitrogen and oxygen atoms in total. The SMILES string of the molecule is O=C(NCc1cccc(F)c1)c1ccc(C[S@@](=O)Cc2cccc(Cl)c2)o1. The van der Waals surface area contributed by atoms with Crippen molar-refractivity contribution in [3.05, 3.63) is 94.2 Å². The second-order valence-electron chi connectivity index (χ2n) is 5.94. The number of rotatable bonds is 7. The molecule has 3 rings (SSSR count). The summed E-state index contributed by atoms with van der Waals surface area (Å²) in [6.45, 7) is 0.188. The van der Waals surface area contributed by atoms with Crippen LogP contribution >= 0.6 is 11.6 Å². The smallest absolute Gasteiger partial charge is 0.287 e. The highest BCUT2D eigenvalue weighted by Gasteiger charge is 2.13. The minimum atomic E-state index is -1.19. The highest BCUT2D eigenvalue weighted by molar-refractivity contribution is 7.83. The molecule has 27 heavy (non-hydrogen) atoms. The molecule has 0 saturated heterocycles. The molecule has 0 aliphatic carbocycles. The van der Waals surface area contributed by atoms with Crippen molar-refractivity contribution in [3.8, 4) is 0 Å². The summed E-state index contributed by atoms with van der Waals surface area (Å²) >= 11 is 5.93. The van der Waals surface area contributed by atoms with Gasteiger partial charge in [-0.05, 0) is 47.5 Å². The first-order valence-electron chi connectivity index (χ1n) is 8.20.